The lowest BCUT2D eigenvalue weighted by atomic mass is 10.2. The van der Waals surface area contributed by atoms with Gasteiger partial charge < -0.3 is 10.6 Å². The van der Waals surface area contributed by atoms with Crippen LogP contribution in [0.1, 0.15) is 51.4 Å². The van der Waals surface area contributed by atoms with Gasteiger partial charge >= 0.3 is 5.69 Å². The summed E-state index contributed by atoms with van der Waals surface area (Å²) in [6.45, 7) is 10.9. The lowest BCUT2D eigenvalue weighted by molar-refractivity contribution is -0.118. The second-order valence-corrected chi connectivity index (χ2v) is 7.80. The maximum Gasteiger partial charge on any atom is 0.330 e. The maximum atomic E-state index is 13.1. The number of anilines is 2. The highest BCUT2D eigenvalue weighted by Crippen LogP contribution is 2.19. The van der Waals surface area contributed by atoms with Crippen LogP contribution >= 0.6 is 0 Å². The number of H-pyrrole nitrogens is 1. The molecule has 9 heteroatoms. The molecule has 1 amide bonds. The van der Waals surface area contributed by atoms with Crippen LogP contribution in [-0.2, 0) is 17.9 Å². The van der Waals surface area contributed by atoms with Gasteiger partial charge in [0, 0.05) is 31.7 Å². The molecule has 0 radical (unpaired) electrons. The number of aryl methyl sites for hydroxylation is 3. The Bertz CT molecular complexity index is 970. The zero-order valence-electron chi connectivity index (χ0n) is 18.0. The van der Waals surface area contributed by atoms with Crippen molar-refractivity contribution >= 4 is 17.4 Å². The summed E-state index contributed by atoms with van der Waals surface area (Å²) in [6.07, 6.45) is 1.74. The largest absolute Gasteiger partial charge is 0.383 e. The molecular weight excluding hydrogens is 372 g/mol. The Balaban J connectivity index is 2.38. The third-order valence-electron chi connectivity index (χ3n) is 4.71. The van der Waals surface area contributed by atoms with Gasteiger partial charge in [0.05, 0.1) is 5.69 Å². The van der Waals surface area contributed by atoms with Crippen molar-refractivity contribution in [1.82, 2.24) is 19.3 Å². The van der Waals surface area contributed by atoms with Crippen LogP contribution in [0.2, 0.25) is 0 Å². The smallest absolute Gasteiger partial charge is 0.330 e. The number of aromatic nitrogens is 4. The predicted octanol–water partition coefficient (Wildman–Crippen LogP) is 1.81. The normalized spacial score (nSPS) is 11.2. The van der Waals surface area contributed by atoms with Gasteiger partial charge in [0.25, 0.3) is 5.56 Å². The van der Waals surface area contributed by atoms with Gasteiger partial charge in [-0.25, -0.2) is 4.79 Å². The van der Waals surface area contributed by atoms with Crippen LogP contribution < -0.4 is 21.9 Å². The molecule has 29 heavy (non-hydrogen) atoms. The molecule has 0 fully saturated rings. The van der Waals surface area contributed by atoms with Crippen LogP contribution in [0.25, 0.3) is 0 Å². The van der Waals surface area contributed by atoms with Crippen molar-refractivity contribution in [3.63, 3.8) is 0 Å². The number of unbranched alkanes of at least 4 members (excludes halogenated alkanes) is 1. The quantitative estimate of drug-likeness (QED) is 0.661. The van der Waals surface area contributed by atoms with E-state index in [0.29, 0.717) is 26.1 Å². The van der Waals surface area contributed by atoms with Crippen molar-refractivity contribution in [2.45, 2.75) is 67.0 Å². The van der Waals surface area contributed by atoms with E-state index in [1.54, 1.807) is 4.68 Å². The van der Waals surface area contributed by atoms with Gasteiger partial charge in [0.15, 0.2) is 5.69 Å². The molecule has 0 aromatic carbocycles. The molecule has 0 atom stereocenters. The van der Waals surface area contributed by atoms with Gasteiger partial charge in [-0.2, -0.15) is 5.10 Å². The molecule has 0 aliphatic heterocycles. The summed E-state index contributed by atoms with van der Waals surface area (Å²) in [5.74, 6) is -0.0412. The van der Waals surface area contributed by atoms with Crippen molar-refractivity contribution in [2.75, 3.05) is 17.2 Å². The summed E-state index contributed by atoms with van der Waals surface area (Å²) in [7, 11) is 0. The zero-order valence-corrected chi connectivity index (χ0v) is 18.0. The van der Waals surface area contributed by atoms with E-state index < -0.39 is 11.2 Å². The van der Waals surface area contributed by atoms with E-state index in [0.717, 1.165) is 17.8 Å². The summed E-state index contributed by atoms with van der Waals surface area (Å²) < 4.78 is 3.10. The fraction of sp³-hybridized carbons (Fsp3) is 0.600. The molecule has 0 spiro atoms. The zero-order chi connectivity index (χ0) is 21.7. The van der Waals surface area contributed by atoms with Crippen LogP contribution in [0.3, 0.4) is 0 Å². The van der Waals surface area contributed by atoms with Gasteiger partial charge in [-0.3, -0.25) is 23.8 Å². The highest BCUT2D eigenvalue weighted by Gasteiger charge is 2.24. The van der Waals surface area contributed by atoms with Crippen LogP contribution in [0.15, 0.2) is 15.7 Å². The second kappa shape index (κ2) is 9.58. The Labute approximate surface area is 170 Å². The molecular formula is C20H32N6O3. The standard InChI is InChI=1S/C20H32N6O3/c1-6-7-9-24(16(27)8-10-26-15(5)11-14(4)23-26)17-18(21)25(12-13(2)3)20(29)22-19(17)28/h11,13H,6-10,12,21H2,1-5H3,(H,22,28,29). The van der Waals surface area contributed by atoms with Crippen LogP contribution in [0, 0.1) is 19.8 Å². The molecule has 0 saturated heterocycles. The number of carbonyl (C=O) groups excluding carboxylic acids is 1. The van der Waals surface area contributed by atoms with Gasteiger partial charge in [0.2, 0.25) is 5.91 Å². The van der Waals surface area contributed by atoms with Gasteiger partial charge in [-0.1, -0.05) is 27.2 Å². The first-order valence-electron chi connectivity index (χ1n) is 10.1. The highest BCUT2D eigenvalue weighted by atomic mass is 16.2. The molecule has 160 valence electrons. The monoisotopic (exact) mass is 404 g/mol. The molecule has 2 aromatic heterocycles. The van der Waals surface area contributed by atoms with Crippen molar-refractivity contribution in [1.29, 1.82) is 0 Å². The summed E-state index contributed by atoms with van der Waals surface area (Å²) in [4.78, 5) is 41.6. The fourth-order valence-corrected chi connectivity index (χ4v) is 3.30. The summed E-state index contributed by atoms with van der Waals surface area (Å²) in [5, 5.41) is 4.38. The summed E-state index contributed by atoms with van der Waals surface area (Å²) >= 11 is 0. The number of carbonyl (C=O) groups is 1. The van der Waals surface area contributed by atoms with E-state index in [1.165, 1.54) is 9.47 Å². The number of nitrogens with one attached hydrogen (secondary N) is 1. The Kier molecular flexibility index (Phi) is 7.41. The molecule has 0 aliphatic carbocycles. The van der Waals surface area contributed by atoms with Gasteiger partial charge in [-0.15, -0.1) is 0 Å². The number of nitrogens with two attached hydrogens (primary N) is 1. The molecule has 9 nitrogen and oxygen atoms in total. The van der Waals surface area contributed by atoms with Gasteiger partial charge in [0.1, 0.15) is 5.82 Å². The molecule has 3 N–H and O–H groups in total. The molecule has 2 heterocycles. The second-order valence-electron chi connectivity index (χ2n) is 7.80. The van der Waals surface area contributed by atoms with E-state index in [4.69, 9.17) is 5.73 Å². The Morgan fingerprint density at radius 1 is 1.31 bits per heavy atom. The first-order valence-corrected chi connectivity index (χ1v) is 10.1. The number of hydrogen-bond acceptors (Lipinski definition) is 5. The third-order valence-corrected chi connectivity index (χ3v) is 4.71. The van der Waals surface area contributed by atoms with Crippen molar-refractivity contribution in [3.8, 4) is 0 Å². The summed E-state index contributed by atoms with van der Waals surface area (Å²) in [5.41, 5.74) is 6.93. The lowest BCUT2D eigenvalue weighted by Crippen LogP contribution is -2.42. The molecule has 0 bridgehead atoms. The first kappa shape index (κ1) is 22.4. The number of nitrogens with zero attached hydrogens (tertiary/aromatic N) is 4. The number of aromatic amines is 1. The third kappa shape index (κ3) is 5.36. The minimum absolute atomic E-state index is 0.0306. The maximum absolute atomic E-state index is 13.1. The minimum atomic E-state index is -0.636. The van der Waals surface area contributed by atoms with E-state index in [2.05, 4.69) is 10.1 Å². The average Bonchev–Trinajstić information content (AvgIpc) is 2.96. The molecule has 2 rings (SSSR count). The average molecular weight is 405 g/mol. The Hall–Kier alpha value is -2.84. The molecule has 0 saturated carbocycles. The Morgan fingerprint density at radius 2 is 2.00 bits per heavy atom. The van der Waals surface area contributed by atoms with E-state index in [9.17, 15) is 14.4 Å². The van der Waals surface area contributed by atoms with Crippen LogP contribution in [0.5, 0.6) is 0 Å². The number of amides is 1. The topological polar surface area (TPSA) is 119 Å². The van der Waals surface area contributed by atoms with Crippen molar-refractivity contribution in [2.24, 2.45) is 5.92 Å². The fourth-order valence-electron chi connectivity index (χ4n) is 3.30. The number of nitrogen functional groups attached to an aromatic ring is 1. The SMILES string of the molecule is CCCCN(C(=O)CCn1nc(C)cc1C)c1c(N)n(CC(C)C)c(=O)[nH]c1=O. The molecule has 2 aromatic rings. The van der Waals surface area contributed by atoms with Crippen LogP contribution in [0.4, 0.5) is 11.5 Å². The van der Waals surface area contributed by atoms with Gasteiger partial charge in [-0.05, 0) is 32.3 Å². The Morgan fingerprint density at radius 3 is 2.55 bits per heavy atom. The molecule has 0 unspecified atom stereocenters. The summed E-state index contributed by atoms with van der Waals surface area (Å²) in [6, 6.07) is 1.95. The lowest BCUT2D eigenvalue weighted by Gasteiger charge is -2.25. The van der Waals surface area contributed by atoms with Crippen molar-refractivity contribution in [3.05, 3.63) is 38.3 Å². The predicted molar refractivity (Wildman–Crippen MR) is 114 cm³/mol. The van der Waals surface area contributed by atoms with Crippen molar-refractivity contribution < 1.29 is 4.79 Å². The highest BCUT2D eigenvalue weighted by molar-refractivity contribution is 5.95. The first-order chi connectivity index (χ1) is 13.6. The molecule has 0 aliphatic rings. The number of rotatable bonds is 9. The number of hydrogen-bond donors (Lipinski definition) is 2. The van der Waals surface area contributed by atoms with E-state index in [1.807, 2.05) is 40.7 Å². The van der Waals surface area contributed by atoms with E-state index >= 15 is 0 Å². The van der Waals surface area contributed by atoms with E-state index in [-0.39, 0.29) is 29.8 Å². The minimum Gasteiger partial charge on any atom is -0.383 e. The van der Waals surface area contributed by atoms with Crippen LogP contribution in [-0.4, -0.2) is 31.8 Å².